The van der Waals surface area contributed by atoms with Gasteiger partial charge in [0.2, 0.25) is 0 Å². The molecule has 0 aromatic carbocycles. The molecule has 2 aliphatic heterocycles. The third-order valence-corrected chi connectivity index (χ3v) is 4.04. The lowest BCUT2D eigenvalue weighted by Gasteiger charge is -2.42. The highest BCUT2D eigenvalue weighted by atomic mass is 16.6. The molecular formula is C13H23NO5. The van der Waals surface area contributed by atoms with Crippen molar-refractivity contribution < 1.29 is 24.9 Å². The second-order valence-electron chi connectivity index (χ2n) is 5.45. The molecule has 5 atom stereocenters. The molecule has 0 aromatic rings. The second kappa shape index (κ2) is 6.17. The number of fused-ring (bicyclic) bond motifs is 1. The number of piperidine rings is 1. The van der Waals surface area contributed by atoms with Crippen molar-refractivity contribution in [3.05, 3.63) is 0 Å². The van der Waals surface area contributed by atoms with Crippen LogP contribution < -0.4 is 0 Å². The number of hydrogen-bond donors (Lipinski definition) is 3. The number of carbonyl (C=O) groups excluding carboxylic acids is 1. The molecule has 0 amide bonds. The summed E-state index contributed by atoms with van der Waals surface area (Å²) in [5, 5.41) is 29.8. The summed E-state index contributed by atoms with van der Waals surface area (Å²) < 4.78 is 5.25. The number of carbonyl (C=O) groups is 1. The normalized spacial score (nSPS) is 39.1. The molecule has 4 unspecified atom stereocenters. The summed E-state index contributed by atoms with van der Waals surface area (Å²) in [6.45, 7) is 3.01. The SMILES string of the molecule is CCCCC(=O)OC1CN2CC[C@H](O)C2C(O)C1O. The highest BCUT2D eigenvalue weighted by Crippen LogP contribution is 2.29. The molecule has 0 radical (unpaired) electrons. The smallest absolute Gasteiger partial charge is 0.306 e. The van der Waals surface area contributed by atoms with Crippen molar-refractivity contribution >= 4 is 5.97 Å². The number of aliphatic hydroxyl groups excluding tert-OH is 3. The van der Waals surface area contributed by atoms with Gasteiger partial charge in [-0.15, -0.1) is 0 Å². The summed E-state index contributed by atoms with van der Waals surface area (Å²) in [5.41, 5.74) is 0. The highest BCUT2D eigenvalue weighted by molar-refractivity contribution is 5.69. The van der Waals surface area contributed by atoms with Crippen molar-refractivity contribution in [2.75, 3.05) is 13.1 Å². The topological polar surface area (TPSA) is 90.2 Å². The van der Waals surface area contributed by atoms with Crippen LogP contribution in [0.2, 0.25) is 0 Å². The van der Waals surface area contributed by atoms with Gasteiger partial charge in [0.25, 0.3) is 0 Å². The van der Waals surface area contributed by atoms with Crippen molar-refractivity contribution in [2.24, 2.45) is 0 Å². The Morgan fingerprint density at radius 3 is 2.74 bits per heavy atom. The molecule has 0 aromatic heterocycles. The number of rotatable bonds is 4. The molecular weight excluding hydrogens is 250 g/mol. The van der Waals surface area contributed by atoms with Gasteiger partial charge in [0.15, 0.2) is 0 Å². The van der Waals surface area contributed by atoms with E-state index in [1.54, 1.807) is 0 Å². The number of unbranched alkanes of at least 4 members (excludes halogenated alkanes) is 1. The Morgan fingerprint density at radius 2 is 2.05 bits per heavy atom. The summed E-state index contributed by atoms with van der Waals surface area (Å²) >= 11 is 0. The van der Waals surface area contributed by atoms with Gasteiger partial charge >= 0.3 is 5.97 Å². The lowest BCUT2D eigenvalue weighted by Crippen LogP contribution is -2.62. The van der Waals surface area contributed by atoms with Gasteiger partial charge in [0.1, 0.15) is 18.3 Å². The van der Waals surface area contributed by atoms with Gasteiger partial charge in [-0.1, -0.05) is 13.3 Å². The van der Waals surface area contributed by atoms with Crippen molar-refractivity contribution in [1.29, 1.82) is 0 Å². The first-order valence-electron chi connectivity index (χ1n) is 7.02. The van der Waals surface area contributed by atoms with Gasteiger partial charge < -0.3 is 20.1 Å². The Hall–Kier alpha value is -0.690. The van der Waals surface area contributed by atoms with E-state index >= 15 is 0 Å². The van der Waals surface area contributed by atoms with E-state index in [-0.39, 0.29) is 5.97 Å². The number of esters is 1. The Bertz CT molecular complexity index is 324. The van der Waals surface area contributed by atoms with Crippen molar-refractivity contribution in [2.45, 2.75) is 63.1 Å². The fourth-order valence-corrected chi connectivity index (χ4v) is 2.93. The van der Waals surface area contributed by atoms with Gasteiger partial charge in [0.05, 0.1) is 12.1 Å². The Kier molecular flexibility index (Phi) is 4.78. The molecule has 2 saturated heterocycles. The maximum absolute atomic E-state index is 11.6. The number of hydrogen-bond acceptors (Lipinski definition) is 6. The van der Waals surface area contributed by atoms with Gasteiger partial charge in [0, 0.05) is 19.5 Å². The lowest BCUT2D eigenvalue weighted by molar-refractivity contribution is -0.179. The van der Waals surface area contributed by atoms with Crippen LogP contribution in [-0.2, 0) is 9.53 Å². The largest absolute Gasteiger partial charge is 0.458 e. The third kappa shape index (κ3) is 3.08. The van der Waals surface area contributed by atoms with E-state index in [1.807, 2.05) is 11.8 Å². The summed E-state index contributed by atoms with van der Waals surface area (Å²) in [6, 6.07) is -0.444. The fraction of sp³-hybridized carbons (Fsp3) is 0.923. The zero-order valence-corrected chi connectivity index (χ0v) is 11.2. The first-order chi connectivity index (χ1) is 9.04. The lowest BCUT2D eigenvalue weighted by atomic mass is 9.93. The minimum Gasteiger partial charge on any atom is -0.458 e. The zero-order valence-electron chi connectivity index (χ0n) is 11.2. The molecule has 19 heavy (non-hydrogen) atoms. The molecule has 110 valence electrons. The Balaban J connectivity index is 1.94. The predicted molar refractivity (Wildman–Crippen MR) is 67.4 cm³/mol. The van der Waals surface area contributed by atoms with Crippen molar-refractivity contribution in [3.8, 4) is 0 Å². The molecule has 2 rings (SSSR count). The number of nitrogens with zero attached hydrogens (tertiary/aromatic N) is 1. The molecule has 6 nitrogen and oxygen atoms in total. The standard InChI is InChI=1S/C13H23NO5/c1-2-3-4-10(16)19-9-7-14-6-5-8(15)11(14)13(18)12(9)17/h8-9,11-13,15,17-18H,2-7H2,1H3/t8-,9?,11?,12?,13?/m0/s1. The first kappa shape index (κ1) is 14.7. The van der Waals surface area contributed by atoms with Crippen LogP contribution in [0.4, 0.5) is 0 Å². The summed E-state index contributed by atoms with van der Waals surface area (Å²) in [4.78, 5) is 13.5. The molecule has 3 N–H and O–H groups in total. The van der Waals surface area contributed by atoms with E-state index in [9.17, 15) is 20.1 Å². The number of aliphatic hydroxyl groups is 3. The zero-order chi connectivity index (χ0) is 14.0. The van der Waals surface area contributed by atoms with E-state index in [4.69, 9.17) is 4.74 Å². The quantitative estimate of drug-likeness (QED) is 0.585. The van der Waals surface area contributed by atoms with Crippen molar-refractivity contribution in [3.63, 3.8) is 0 Å². The van der Waals surface area contributed by atoms with Crippen molar-refractivity contribution in [1.82, 2.24) is 4.90 Å². The van der Waals surface area contributed by atoms with Gasteiger partial charge in [-0.25, -0.2) is 0 Å². The third-order valence-electron chi connectivity index (χ3n) is 4.04. The van der Waals surface area contributed by atoms with Crippen LogP contribution in [0.25, 0.3) is 0 Å². The molecule has 0 aliphatic carbocycles. The Labute approximate surface area is 113 Å². The predicted octanol–water partition coefficient (Wildman–Crippen LogP) is -0.741. The molecule has 2 fully saturated rings. The molecule has 0 saturated carbocycles. The number of ether oxygens (including phenoxy) is 1. The molecule has 6 heteroatoms. The van der Waals surface area contributed by atoms with Crippen LogP contribution in [-0.4, -0.2) is 69.7 Å². The van der Waals surface area contributed by atoms with Crippen LogP contribution in [0.3, 0.4) is 0 Å². The Morgan fingerprint density at radius 1 is 1.32 bits per heavy atom. The first-order valence-corrected chi connectivity index (χ1v) is 7.02. The molecule has 0 spiro atoms. The van der Waals surface area contributed by atoms with Gasteiger partial charge in [-0.05, 0) is 12.8 Å². The van der Waals surface area contributed by atoms with Crippen LogP contribution in [0.1, 0.15) is 32.6 Å². The summed E-state index contributed by atoms with van der Waals surface area (Å²) in [6.07, 6.45) is -0.954. The maximum Gasteiger partial charge on any atom is 0.306 e. The van der Waals surface area contributed by atoms with Crippen LogP contribution >= 0.6 is 0 Å². The fourth-order valence-electron chi connectivity index (χ4n) is 2.93. The highest BCUT2D eigenvalue weighted by Gasteiger charge is 2.49. The van der Waals surface area contributed by atoms with E-state index in [0.717, 1.165) is 12.8 Å². The van der Waals surface area contributed by atoms with E-state index < -0.39 is 30.5 Å². The summed E-state index contributed by atoms with van der Waals surface area (Å²) in [7, 11) is 0. The van der Waals surface area contributed by atoms with E-state index in [0.29, 0.717) is 25.9 Å². The van der Waals surface area contributed by atoms with Crippen LogP contribution in [0.15, 0.2) is 0 Å². The maximum atomic E-state index is 11.6. The minimum absolute atomic E-state index is 0.335. The molecule has 2 heterocycles. The average molecular weight is 273 g/mol. The monoisotopic (exact) mass is 273 g/mol. The van der Waals surface area contributed by atoms with E-state index in [1.165, 1.54) is 0 Å². The van der Waals surface area contributed by atoms with Gasteiger partial charge in [-0.2, -0.15) is 0 Å². The summed E-state index contributed by atoms with van der Waals surface area (Å²) in [5.74, 6) is -0.337. The molecule has 0 bridgehead atoms. The average Bonchev–Trinajstić information content (AvgIpc) is 2.74. The van der Waals surface area contributed by atoms with Crippen LogP contribution in [0, 0.1) is 0 Å². The minimum atomic E-state index is -1.13. The van der Waals surface area contributed by atoms with E-state index in [2.05, 4.69) is 0 Å². The van der Waals surface area contributed by atoms with Gasteiger partial charge in [-0.3, -0.25) is 9.69 Å². The molecule has 2 aliphatic rings. The second-order valence-corrected chi connectivity index (χ2v) is 5.45. The van der Waals surface area contributed by atoms with Crippen LogP contribution in [0.5, 0.6) is 0 Å².